The summed E-state index contributed by atoms with van der Waals surface area (Å²) in [5.74, 6) is 1.97. The first-order valence-electron chi connectivity index (χ1n) is 15.0. The van der Waals surface area contributed by atoms with Crippen LogP contribution in [0.15, 0.2) is 49.1 Å². The number of aromatic amines is 2. The zero-order chi connectivity index (χ0) is 25.6. The van der Waals surface area contributed by atoms with Crippen molar-refractivity contribution in [3.63, 3.8) is 0 Å². The molecule has 0 amide bonds. The number of piperidine rings is 1. The second-order valence-corrected chi connectivity index (χ2v) is 12.1. The van der Waals surface area contributed by atoms with Gasteiger partial charge >= 0.3 is 0 Å². The molecule has 1 aliphatic carbocycles. The molecule has 3 fully saturated rings. The van der Waals surface area contributed by atoms with Gasteiger partial charge in [-0.1, -0.05) is 43.5 Å². The van der Waals surface area contributed by atoms with E-state index in [0.29, 0.717) is 5.41 Å². The second-order valence-electron chi connectivity index (χ2n) is 12.1. The Kier molecular flexibility index (Phi) is 8.24. The fourth-order valence-corrected chi connectivity index (χ4v) is 7.23. The van der Waals surface area contributed by atoms with Crippen molar-refractivity contribution in [3.8, 4) is 0 Å². The molecule has 3 aliphatic rings. The third kappa shape index (κ3) is 6.56. The maximum Gasteiger partial charge on any atom is 0.120 e. The number of aromatic nitrogens is 4. The van der Waals surface area contributed by atoms with Crippen LogP contribution >= 0.6 is 0 Å². The third-order valence-corrected chi connectivity index (χ3v) is 9.44. The molecule has 0 bridgehead atoms. The van der Waals surface area contributed by atoms with Crippen LogP contribution in [0.3, 0.4) is 0 Å². The molecule has 0 radical (unpaired) electrons. The van der Waals surface area contributed by atoms with Crippen molar-refractivity contribution in [3.05, 3.63) is 71.8 Å². The average Bonchev–Trinajstić information content (AvgIpc) is 3.73. The topological polar surface area (TPSA) is 67.1 Å². The highest BCUT2D eigenvalue weighted by Gasteiger charge is 2.41. The minimum absolute atomic E-state index is 0.589. The summed E-state index contributed by atoms with van der Waals surface area (Å²) in [7, 11) is 0. The van der Waals surface area contributed by atoms with Crippen LogP contribution in [-0.4, -0.2) is 73.4 Å². The van der Waals surface area contributed by atoms with E-state index in [-0.39, 0.29) is 0 Å². The summed E-state index contributed by atoms with van der Waals surface area (Å²) in [6.07, 6.45) is 20.0. The first-order chi connectivity index (χ1) is 18.7. The highest BCUT2D eigenvalue weighted by Crippen LogP contribution is 2.41. The number of hydrogen-bond donors (Lipinski definition) is 2. The first-order valence-corrected chi connectivity index (χ1v) is 15.0. The van der Waals surface area contributed by atoms with Gasteiger partial charge in [0.1, 0.15) is 11.6 Å². The molecule has 7 nitrogen and oxygen atoms in total. The normalized spacial score (nSPS) is 21.1. The Bertz CT molecular complexity index is 1060. The van der Waals surface area contributed by atoms with Crippen molar-refractivity contribution >= 4 is 0 Å². The van der Waals surface area contributed by atoms with Gasteiger partial charge < -0.3 is 19.8 Å². The molecule has 204 valence electrons. The summed E-state index contributed by atoms with van der Waals surface area (Å²) in [5, 5.41) is 0. The number of hydrogen-bond acceptors (Lipinski definition) is 5. The van der Waals surface area contributed by atoms with Gasteiger partial charge in [-0.2, -0.15) is 0 Å². The fraction of sp³-hybridized carbons (Fsp3) is 0.613. The third-order valence-electron chi connectivity index (χ3n) is 9.44. The van der Waals surface area contributed by atoms with Crippen LogP contribution in [0.2, 0.25) is 0 Å². The highest BCUT2D eigenvalue weighted by molar-refractivity contribution is 5.24. The molecule has 0 unspecified atom stereocenters. The summed E-state index contributed by atoms with van der Waals surface area (Å²) < 4.78 is 0. The zero-order valence-electron chi connectivity index (χ0n) is 23.0. The molecule has 38 heavy (non-hydrogen) atoms. The van der Waals surface area contributed by atoms with Crippen LogP contribution in [0.25, 0.3) is 0 Å². The standard InChI is InChI=1S/C31H45N7/c1-2-7-28(8-3-1)38-19-11-31(12-20-38)10-18-36(25-31)17-9-26-5-4-6-27(21-26)22-37(23-29-32-13-14-33-29)24-30-34-15-16-35-30/h4-6,13-16,21,28H,1-3,7-12,17-20,22-25H2,(H,32,33)(H,34,35). The number of nitrogens with zero attached hydrogens (tertiary/aromatic N) is 5. The second kappa shape index (κ2) is 12.1. The van der Waals surface area contributed by atoms with Crippen molar-refractivity contribution < 1.29 is 0 Å². The van der Waals surface area contributed by atoms with Crippen LogP contribution in [0, 0.1) is 5.41 Å². The smallest absolute Gasteiger partial charge is 0.120 e. The van der Waals surface area contributed by atoms with Crippen molar-refractivity contribution in [1.29, 1.82) is 0 Å². The highest BCUT2D eigenvalue weighted by atomic mass is 15.2. The Balaban J connectivity index is 1.00. The van der Waals surface area contributed by atoms with Crippen molar-refractivity contribution in [1.82, 2.24) is 34.6 Å². The van der Waals surface area contributed by atoms with Crippen LogP contribution in [0.4, 0.5) is 0 Å². The van der Waals surface area contributed by atoms with E-state index in [1.54, 1.807) is 0 Å². The fourth-order valence-electron chi connectivity index (χ4n) is 7.23. The summed E-state index contributed by atoms with van der Waals surface area (Å²) in [6, 6.07) is 10.1. The van der Waals surface area contributed by atoms with E-state index in [0.717, 1.165) is 43.7 Å². The van der Waals surface area contributed by atoms with E-state index >= 15 is 0 Å². The SMILES string of the molecule is c1cc(CCN2CCC3(CCN(C4CCCCC4)CC3)C2)cc(CN(Cc2ncc[nH]2)Cc2ncc[nH]2)c1. The average molecular weight is 516 g/mol. The number of imidazole rings is 2. The first kappa shape index (κ1) is 25.8. The van der Waals surface area contributed by atoms with Crippen molar-refractivity contribution in [2.45, 2.75) is 83.5 Å². The predicted molar refractivity (Wildman–Crippen MR) is 151 cm³/mol. The van der Waals surface area contributed by atoms with Gasteiger partial charge in [0.2, 0.25) is 0 Å². The lowest BCUT2D eigenvalue weighted by Gasteiger charge is -2.44. The molecule has 6 rings (SSSR count). The Morgan fingerprint density at radius 3 is 2.21 bits per heavy atom. The van der Waals surface area contributed by atoms with Gasteiger partial charge in [-0.05, 0) is 74.7 Å². The van der Waals surface area contributed by atoms with Crippen LogP contribution in [-0.2, 0) is 26.1 Å². The van der Waals surface area contributed by atoms with Crippen molar-refractivity contribution in [2.75, 3.05) is 32.7 Å². The minimum Gasteiger partial charge on any atom is -0.348 e. The van der Waals surface area contributed by atoms with Gasteiger partial charge in [0, 0.05) is 50.5 Å². The molecule has 4 heterocycles. The molecule has 1 spiro atoms. The van der Waals surface area contributed by atoms with Crippen LogP contribution < -0.4 is 0 Å². The summed E-state index contributed by atoms with van der Waals surface area (Å²) in [5.41, 5.74) is 3.39. The largest absolute Gasteiger partial charge is 0.348 e. The number of rotatable bonds is 10. The van der Waals surface area contributed by atoms with E-state index < -0.39 is 0 Å². The number of benzene rings is 1. The molecule has 2 aromatic heterocycles. The molecule has 1 aromatic carbocycles. The van der Waals surface area contributed by atoms with E-state index in [9.17, 15) is 0 Å². The summed E-state index contributed by atoms with van der Waals surface area (Å²) in [6.45, 7) is 8.87. The molecule has 2 aliphatic heterocycles. The molecule has 2 N–H and O–H groups in total. The molecule has 7 heteroatoms. The predicted octanol–water partition coefficient (Wildman–Crippen LogP) is 5.00. The number of nitrogens with one attached hydrogen (secondary N) is 2. The van der Waals surface area contributed by atoms with Gasteiger partial charge in [0.15, 0.2) is 0 Å². The van der Waals surface area contributed by atoms with Gasteiger partial charge in [-0.3, -0.25) is 4.90 Å². The quantitative estimate of drug-likeness (QED) is 0.398. The summed E-state index contributed by atoms with van der Waals surface area (Å²) >= 11 is 0. The maximum atomic E-state index is 4.45. The summed E-state index contributed by atoms with van der Waals surface area (Å²) in [4.78, 5) is 23.4. The van der Waals surface area contributed by atoms with Crippen LogP contribution in [0.5, 0.6) is 0 Å². The van der Waals surface area contributed by atoms with Gasteiger partial charge in [-0.25, -0.2) is 9.97 Å². The number of H-pyrrole nitrogens is 2. The molecule has 2 saturated heterocycles. The Labute approximate surface area is 228 Å². The lowest BCUT2D eigenvalue weighted by Crippen LogP contribution is -2.46. The van der Waals surface area contributed by atoms with Gasteiger partial charge in [0.05, 0.1) is 13.1 Å². The number of likely N-dealkylation sites (tertiary alicyclic amines) is 2. The van der Waals surface area contributed by atoms with Gasteiger partial charge in [-0.15, -0.1) is 0 Å². The Morgan fingerprint density at radius 2 is 1.53 bits per heavy atom. The van der Waals surface area contributed by atoms with Crippen molar-refractivity contribution in [2.24, 2.45) is 5.41 Å². The molecule has 3 aromatic rings. The zero-order valence-corrected chi connectivity index (χ0v) is 23.0. The molecule has 0 atom stereocenters. The molecular formula is C31H45N7. The maximum absolute atomic E-state index is 4.45. The lowest BCUT2D eigenvalue weighted by atomic mass is 9.77. The Hall–Kier alpha value is -2.48. The lowest BCUT2D eigenvalue weighted by molar-refractivity contribution is 0.0620. The van der Waals surface area contributed by atoms with Gasteiger partial charge in [0.25, 0.3) is 0 Å². The van der Waals surface area contributed by atoms with E-state index in [1.165, 1.54) is 95.2 Å². The monoisotopic (exact) mass is 515 g/mol. The van der Waals surface area contributed by atoms with E-state index in [4.69, 9.17) is 0 Å². The molecular weight excluding hydrogens is 470 g/mol. The molecule has 1 saturated carbocycles. The van der Waals surface area contributed by atoms with E-state index in [2.05, 4.69) is 58.9 Å². The minimum atomic E-state index is 0.589. The van der Waals surface area contributed by atoms with E-state index in [1.807, 2.05) is 24.8 Å². The van der Waals surface area contributed by atoms with Crippen LogP contribution in [0.1, 0.15) is 74.1 Å². The Morgan fingerprint density at radius 1 is 0.842 bits per heavy atom.